The van der Waals surface area contributed by atoms with Gasteiger partial charge in [-0.05, 0) is 70.0 Å². The summed E-state index contributed by atoms with van der Waals surface area (Å²) in [6, 6.07) is 17.2. The summed E-state index contributed by atoms with van der Waals surface area (Å²) in [5, 5.41) is 3.58. The van der Waals surface area contributed by atoms with Gasteiger partial charge in [0.15, 0.2) is 0 Å². The van der Waals surface area contributed by atoms with Crippen LogP contribution in [-0.2, 0) is 26.2 Å². The summed E-state index contributed by atoms with van der Waals surface area (Å²) in [5.74, 6) is -0.947. The summed E-state index contributed by atoms with van der Waals surface area (Å²) < 4.78 is 28.9. The van der Waals surface area contributed by atoms with E-state index in [0.717, 1.165) is 9.87 Å². The zero-order valence-electron chi connectivity index (χ0n) is 23.3. The first-order valence-electron chi connectivity index (χ1n) is 13.0. The number of hydrogen-bond donors (Lipinski definition) is 1. The lowest BCUT2D eigenvalue weighted by molar-refractivity contribution is -0.139. The maximum atomic E-state index is 14.1. The van der Waals surface area contributed by atoms with Gasteiger partial charge in [-0.2, -0.15) is 0 Å². The Bertz CT molecular complexity index is 1440. The van der Waals surface area contributed by atoms with Crippen molar-refractivity contribution >= 4 is 50.7 Å². The third kappa shape index (κ3) is 7.36. The van der Waals surface area contributed by atoms with E-state index in [1.165, 1.54) is 17.0 Å². The van der Waals surface area contributed by atoms with Crippen molar-refractivity contribution in [2.45, 2.75) is 64.6 Å². The molecule has 40 heavy (non-hydrogen) atoms. The molecule has 0 aromatic heterocycles. The molecule has 10 heteroatoms. The lowest BCUT2D eigenvalue weighted by Gasteiger charge is -2.33. The molecule has 3 aromatic carbocycles. The van der Waals surface area contributed by atoms with Gasteiger partial charge in [0.25, 0.3) is 10.0 Å². The van der Waals surface area contributed by atoms with Crippen LogP contribution in [0, 0.1) is 13.8 Å². The van der Waals surface area contributed by atoms with Crippen molar-refractivity contribution < 1.29 is 18.0 Å². The van der Waals surface area contributed by atoms with Gasteiger partial charge in [-0.25, -0.2) is 8.42 Å². The number of halogens is 2. The second-order valence-electron chi connectivity index (χ2n) is 9.83. The van der Waals surface area contributed by atoms with Crippen molar-refractivity contribution in [3.8, 4) is 0 Å². The normalized spacial score (nSPS) is 12.9. The number of nitrogens with one attached hydrogen (secondary N) is 1. The lowest BCUT2D eigenvalue weighted by atomic mass is 10.1. The second-order valence-corrected chi connectivity index (χ2v) is 12.5. The highest BCUT2D eigenvalue weighted by atomic mass is 35.5. The maximum Gasteiger partial charge on any atom is 0.264 e. The highest BCUT2D eigenvalue weighted by Crippen LogP contribution is 2.30. The van der Waals surface area contributed by atoms with Gasteiger partial charge in [0.1, 0.15) is 12.6 Å². The van der Waals surface area contributed by atoms with Gasteiger partial charge in [0, 0.05) is 28.2 Å². The average molecular weight is 605 g/mol. The van der Waals surface area contributed by atoms with Crippen LogP contribution in [0.1, 0.15) is 43.9 Å². The van der Waals surface area contributed by atoms with Crippen LogP contribution in [0.15, 0.2) is 71.6 Å². The van der Waals surface area contributed by atoms with E-state index in [0.29, 0.717) is 33.3 Å². The topological polar surface area (TPSA) is 86.8 Å². The quantitative estimate of drug-likeness (QED) is 0.285. The summed E-state index contributed by atoms with van der Waals surface area (Å²) in [6.45, 7) is 8.50. The summed E-state index contributed by atoms with van der Waals surface area (Å²) in [4.78, 5) is 28.6. The van der Waals surface area contributed by atoms with Gasteiger partial charge < -0.3 is 10.2 Å². The van der Waals surface area contributed by atoms with E-state index in [2.05, 4.69) is 5.32 Å². The minimum Gasteiger partial charge on any atom is -0.352 e. The summed E-state index contributed by atoms with van der Waals surface area (Å²) in [6.07, 6.45) is 0.707. The van der Waals surface area contributed by atoms with E-state index in [4.69, 9.17) is 23.2 Å². The van der Waals surface area contributed by atoms with Gasteiger partial charge in [-0.1, -0.05) is 72.1 Å². The summed E-state index contributed by atoms with van der Waals surface area (Å²) >= 11 is 12.9. The van der Waals surface area contributed by atoms with E-state index in [9.17, 15) is 18.0 Å². The highest BCUT2D eigenvalue weighted by molar-refractivity contribution is 7.92. The molecular weight excluding hydrogens is 569 g/mol. The minimum atomic E-state index is -4.14. The molecule has 0 unspecified atom stereocenters. The molecule has 1 N–H and O–H groups in total. The number of anilines is 1. The number of amides is 2. The minimum absolute atomic E-state index is 0.0473. The number of hydrogen-bond acceptors (Lipinski definition) is 4. The molecule has 0 aliphatic carbocycles. The van der Waals surface area contributed by atoms with Crippen LogP contribution in [-0.4, -0.2) is 43.8 Å². The summed E-state index contributed by atoms with van der Waals surface area (Å²) in [5.41, 5.74) is 2.48. The fourth-order valence-electron chi connectivity index (χ4n) is 4.22. The molecule has 0 saturated heterocycles. The van der Waals surface area contributed by atoms with E-state index in [-0.39, 0.29) is 23.4 Å². The molecule has 0 radical (unpaired) electrons. The second kappa shape index (κ2) is 13.5. The molecule has 2 atom stereocenters. The van der Waals surface area contributed by atoms with Crippen LogP contribution >= 0.6 is 23.2 Å². The first-order valence-corrected chi connectivity index (χ1v) is 15.2. The van der Waals surface area contributed by atoms with Crippen LogP contribution in [0.3, 0.4) is 0 Å². The van der Waals surface area contributed by atoms with Gasteiger partial charge >= 0.3 is 0 Å². The van der Waals surface area contributed by atoms with Gasteiger partial charge in [-0.15, -0.1) is 0 Å². The van der Waals surface area contributed by atoms with E-state index >= 15 is 0 Å². The van der Waals surface area contributed by atoms with Crippen LogP contribution in [0.2, 0.25) is 10.0 Å². The van der Waals surface area contributed by atoms with Crippen molar-refractivity contribution in [3.05, 3.63) is 93.5 Å². The molecule has 0 fully saturated rings. The van der Waals surface area contributed by atoms with Crippen molar-refractivity contribution in [1.82, 2.24) is 10.2 Å². The lowest BCUT2D eigenvalue weighted by Crippen LogP contribution is -2.52. The third-order valence-corrected chi connectivity index (χ3v) is 9.27. The Labute approximate surface area is 247 Å². The number of carbonyl (C=O) groups excluding carboxylic acids is 2. The van der Waals surface area contributed by atoms with Crippen molar-refractivity contribution in [3.63, 3.8) is 0 Å². The van der Waals surface area contributed by atoms with Gasteiger partial charge in [0.2, 0.25) is 11.8 Å². The zero-order valence-corrected chi connectivity index (χ0v) is 25.6. The largest absolute Gasteiger partial charge is 0.352 e. The molecule has 0 bridgehead atoms. The predicted octanol–water partition coefficient (Wildman–Crippen LogP) is 6.14. The first kappa shape index (κ1) is 31.5. The number of carbonyl (C=O) groups is 2. The van der Waals surface area contributed by atoms with Crippen LogP contribution in [0.4, 0.5) is 5.69 Å². The van der Waals surface area contributed by atoms with Crippen molar-refractivity contribution in [2.24, 2.45) is 0 Å². The number of benzene rings is 3. The van der Waals surface area contributed by atoms with Gasteiger partial charge in [-0.3, -0.25) is 13.9 Å². The first-order chi connectivity index (χ1) is 18.9. The van der Waals surface area contributed by atoms with Gasteiger partial charge in [0.05, 0.1) is 10.6 Å². The Morgan fingerprint density at radius 1 is 0.925 bits per heavy atom. The van der Waals surface area contributed by atoms with Crippen LogP contribution in [0.25, 0.3) is 0 Å². The predicted molar refractivity (Wildman–Crippen MR) is 161 cm³/mol. The molecule has 0 heterocycles. The van der Waals surface area contributed by atoms with Crippen LogP contribution in [0.5, 0.6) is 0 Å². The third-order valence-electron chi connectivity index (χ3n) is 6.79. The Kier molecular flexibility index (Phi) is 10.6. The SMILES string of the molecule is CC[C@H](C)NC(=O)[C@@H](C)N(Cc1c(Cl)cccc1Cl)C(=O)CN(c1ccc(C)cc1C)S(=O)(=O)c1ccccc1. The number of rotatable bonds is 11. The molecule has 2 amide bonds. The molecular formula is C30H35Cl2N3O4S. The fraction of sp³-hybridized carbons (Fsp3) is 0.333. The average Bonchev–Trinajstić information content (AvgIpc) is 2.91. The molecule has 214 valence electrons. The zero-order chi connectivity index (χ0) is 29.6. The molecule has 0 saturated carbocycles. The van der Waals surface area contributed by atoms with E-state index in [1.54, 1.807) is 62.4 Å². The van der Waals surface area contributed by atoms with Crippen molar-refractivity contribution in [2.75, 3.05) is 10.8 Å². The Hall–Kier alpha value is -3.07. The molecule has 0 aliphatic rings. The summed E-state index contributed by atoms with van der Waals surface area (Å²) in [7, 11) is -4.14. The molecule has 3 rings (SSSR count). The Morgan fingerprint density at radius 2 is 1.55 bits per heavy atom. The molecule has 0 spiro atoms. The molecule has 0 aliphatic heterocycles. The number of nitrogens with zero attached hydrogens (tertiary/aromatic N) is 2. The number of aryl methyl sites for hydroxylation is 2. The monoisotopic (exact) mass is 603 g/mol. The standard InChI is InChI=1S/C30H35Cl2N3O4S/c1-6-22(4)33-30(37)23(5)34(18-25-26(31)13-10-14-27(25)32)29(36)19-35(28-16-15-20(2)17-21(28)3)40(38,39)24-11-8-7-9-12-24/h7-17,22-23H,6,18-19H2,1-5H3,(H,33,37)/t22-,23+/m0/s1. The fourth-order valence-corrected chi connectivity index (χ4v) is 6.24. The van der Waals surface area contributed by atoms with Crippen molar-refractivity contribution in [1.29, 1.82) is 0 Å². The van der Waals surface area contributed by atoms with E-state index < -0.39 is 28.5 Å². The van der Waals surface area contributed by atoms with E-state index in [1.807, 2.05) is 26.8 Å². The highest BCUT2D eigenvalue weighted by Gasteiger charge is 2.33. The molecule has 3 aromatic rings. The smallest absolute Gasteiger partial charge is 0.264 e. The Balaban J connectivity index is 2.09. The molecule has 7 nitrogen and oxygen atoms in total. The maximum absolute atomic E-state index is 14.1. The van der Waals surface area contributed by atoms with Crippen LogP contribution < -0.4 is 9.62 Å². The Morgan fingerprint density at radius 3 is 2.12 bits per heavy atom. The number of sulfonamides is 1.